The quantitative estimate of drug-likeness (QED) is 0.607. The summed E-state index contributed by atoms with van der Waals surface area (Å²) in [6.45, 7) is 4.89. The maximum absolute atomic E-state index is 11.2. The van der Waals surface area contributed by atoms with Crippen molar-refractivity contribution in [2.45, 2.75) is 32.7 Å². The lowest BCUT2D eigenvalue weighted by molar-refractivity contribution is -0.145. The van der Waals surface area contributed by atoms with Crippen LogP contribution in [0.1, 0.15) is 26.7 Å². The van der Waals surface area contributed by atoms with Crippen LogP contribution in [0.15, 0.2) is 0 Å². The van der Waals surface area contributed by atoms with Gasteiger partial charge in [-0.15, -0.1) is 0 Å². The van der Waals surface area contributed by atoms with Gasteiger partial charge in [-0.25, -0.2) is 0 Å². The summed E-state index contributed by atoms with van der Waals surface area (Å²) in [5.41, 5.74) is 0. The molecule has 0 radical (unpaired) electrons. The van der Waals surface area contributed by atoms with Crippen molar-refractivity contribution in [1.29, 1.82) is 0 Å². The largest absolute Gasteiger partial charge is 0.469 e. The predicted molar refractivity (Wildman–Crippen MR) is 60.0 cm³/mol. The molecular formula is C11H21NO4. The average Bonchev–Trinajstić information content (AvgIpc) is 2.27. The molecule has 5 nitrogen and oxygen atoms in total. The van der Waals surface area contributed by atoms with Crippen molar-refractivity contribution in [3.8, 4) is 0 Å². The van der Waals surface area contributed by atoms with Gasteiger partial charge in [0.2, 0.25) is 0 Å². The van der Waals surface area contributed by atoms with Crippen LogP contribution in [0.25, 0.3) is 0 Å². The maximum atomic E-state index is 11.2. The zero-order valence-corrected chi connectivity index (χ0v) is 10.5. The first-order valence-electron chi connectivity index (χ1n) is 5.42. The molecule has 94 valence electrons. The maximum Gasteiger partial charge on any atom is 0.319 e. The molecule has 1 atom stereocenters. The molecule has 0 saturated heterocycles. The summed E-state index contributed by atoms with van der Waals surface area (Å²) < 4.78 is 9.21. The minimum atomic E-state index is -0.287. The third-order valence-corrected chi connectivity index (χ3v) is 2.38. The number of nitrogens with zero attached hydrogens (tertiary/aromatic N) is 1. The summed E-state index contributed by atoms with van der Waals surface area (Å²) in [4.78, 5) is 24.2. The van der Waals surface area contributed by atoms with Crippen LogP contribution < -0.4 is 0 Å². The molecule has 0 aromatic rings. The molecule has 0 aromatic carbocycles. The van der Waals surface area contributed by atoms with Crippen LogP contribution in [-0.4, -0.2) is 50.2 Å². The predicted octanol–water partition coefficient (Wildman–Crippen LogP) is 0.823. The second kappa shape index (κ2) is 8.10. The van der Waals surface area contributed by atoms with Crippen LogP contribution in [0, 0.1) is 0 Å². The second-order valence-corrected chi connectivity index (χ2v) is 3.68. The van der Waals surface area contributed by atoms with Crippen LogP contribution in [0.5, 0.6) is 0 Å². The molecule has 16 heavy (non-hydrogen) atoms. The van der Waals surface area contributed by atoms with Gasteiger partial charge in [0.25, 0.3) is 0 Å². The molecule has 0 amide bonds. The van der Waals surface area contributed by atoms with Gasteiger partial charge in [0.1, 0.15) is 0 Å². The Balaban J connectivity index is 4.27. The highest BCUT2D eigenvalue weighted by Crippen LogP contribution is 2.06. The van der Waals surface area contributed by atoms with E-state index >= 15 is 0 Å². The molecule has 0 rings (SSSR count). The topological polar surface area (TPSA) is 55.8 Å². The molecular weight excluding hydrogens is 210 g/mol. The van der Waals surface area contributed by atoms with Crippen LogP contribution in [0.3, 0.4) is 0 Å². The Morgan fingerprint density at radius 2 is 1.75 bits per heavy atom. The molecule has 0 fully saturated rings. The van der Waals surface area contributed by atoms with E-state index in [1.54, 1.807) is 0 Å². The molecule has 0 spiro atoms. The molecule has 1 unspecified atom stereocenters. The summed E-state index contributed by atoms with van der Waals surface area (Å²) >= 11 is 0. The van der Waals surface area contributed by atoms with Crippen molar-refractivity contribution in [3.63, 3.8) is 0 Å². The molecule has 0 heterocycles. The van der Waals surface area contributed by atoms with E-state index in [2.05, 4.69) is 9.47 Å². The SMILES string of the molecule is CCCN(CC(=O)OC)C(C)CC(=O)OC. The first-order chi connectivity index (χ1) is 7.54. The molecule has 0 aliphatic heterocycles. The Labute approximate surface area is 96.7 Å². The van der Waals surface area contributed by atoms with Crippen LogP contribution in [-0.2, 0) is 19.1 Å². The fourth-order valence-electron chi connectivity index (χ4n) is 1.43. The fourth-order valence-corrected chi connectivity index (χ4v) is 1.43. The van der Waals surface area contributed by atoms with E-state index in [0.29, 0.717) is 0 Å². The molecule has 0 saturated carbocycles. The summed E-state index contributed by atoms with van der Waals surface area (Å²) in [7, 11) is 2.72. The number of methoxy groups -OCH3 is 2. The van der Waals surface area contributed by atoms with E-state index in [1.165, 1.54) is 14.2 Å². The molecule has 5 heteroatoms. The number of hydrogen-bond donors (Lipinski definition) is 0. The summed E-state index contributed by atoms with van der Waals surface area (Å²) in [6, 6.07) is -0.0218. The molecule has 0 bridgehead atoms. The number of hydrogen-bond acceptors (Lipinski definition) is 5. The van der Waals surface area contributed by atoms with Crippen molar-refractivity contribution >= 4 is 11.9 Å². The third-order valence-electron chi connectivity index (χ3n) is 2.38. The van der Waals surface area contributed by atoms with Gasteiger partial charge >= 0.3 is 11.9 Å². The summed E-state index contributed by atoms with van der Waals surface area (Å²) in [5.74, 6) is -0.552. The zero-order chi connectivity index (χ0) is 12.6. The van der Waals surface area contributed by atoms with Crippen LogP contribution in [0.2, 0.25) is 0 Å². The van der Waals surface area contributed by atoms with E-state index < -0.39 is 0 Å². The lowest BCUT2D eigenvalue weighted by Crippen LogP contribution is -2.39. The lowest BCUT2D eigenvalue weighted by atomic mass is 10.2. The van der Waals surface area contributed by atoms with Gasteiger partial charge in [0.15, 0.2) is 0 Å². The van der Waals surface area contributed by atoms with Crippen molar-refractivity contribution in [3.05, 3.63) is 0 Å². The van der Waals surface area contributed by atoms with E-state index in [0.717, 1.165) is 13.0 Å². The van der Waals surface area contributed by atoms with Gasteiger partial charge < -0.3 is 9.47 Å². The molecule has 0 N–H and O–H groups in total. The van der Waals surface area contributed by atoms with Crippen LogP contribution >= 0.6 is 0 Å². The average molecular weight is 231 g/mol. The standard InChI is InChI=1S/C11H21NO4/c1-5-6-12(8-11(14)16-4)9(2)7-10(13)15-3/h9H,5-8H2,1-4H3. The normalized spacial score (nSPS) is 12.3. The van der Waals surface area contributed by atoms with E-state index in [-0.39, 0.29) is 30.9 Å². The minimum absolute atomic E-state index is 0.0218. The van der Waals surface area contributed by atoms with Gasteiger partial charge in [0, 0.05) is 6.04 Å². The second-order valence-electron chi connectivity index (χ2n) is 3.68. The number of rotatable bonds is 7. The number of esters is 2. The first kappa shape index (κ1) is 14.9. The van der Waals surface area contributed by atoms with E-state index in [4.69, 9.17) is 0 Å². The zero-order valence-electron chi connectivity index (χ0n) is 10.5. The highest BCUT2D eigenvalue weighted by Gasteiger charge is 2.19. The Bertz CT molecular complexity index is 230. The van der Waals surface area contributed by atoms with Crippen molar-refractivity contribution < 1.29 is 19.1 Å². The summed E-state index contributed by atoms with van der Waals surface area (Å²) in [5, 5.41) is 0. The van der Waals surface area contributed by atoms with Crippen LogP contribution in [0.4, 0.5) is 0 Å². The Morgan fingerprint density at radius 3 is 2.19 bits per heavy atom. The van der Waals surface area contributed by atoms with Gasteiger partial charge in [-0.1, -0.05) is 6.92 Å². The van der Waals surface area contributed by atoms with Gasteiger partial charge in [-0.05, 0) is 19.9 Å². The Hall–Kier alpha value is -1.10. The smallest absolute Gasteiger partial charge is 0.319 e. The number of carbonyl (C=O) groups excluding carboxylic acids is 2. The molecule has 0 aliphatic rings. The number of carbonyl (C=O) groups is 2. The lowest BCUT2D eigenvalue weighted by Gasteiger charge is -2.26. The summed E-state index contributed by atoms with van der Waals surface area (Å²) in [6.07, 6.45) is 1.20. The van der Waals surface area contributed by atoms with Gasteiger partial charge in [-0.2, -0.15) is 0 Å². The highest BCUT2D eigenvalue weighted by molar-refractivity contribution is 5.72. The fraction of sp³-hybridized carbons (Fsp3) is 0.818. The third kappa shape index (κ3) is 5.70. The van der Waals surface area contributed by atoms with Gasteiger partial charge in [-0.3, -0.25) is 14.5 Å². The molecule has 0 aromatic heterocycles. The molecule has 0 aliphatic carbocycles. The van der Waals surface area contributed by atoms with E-state index in [1.807, 2.05) is 18.7 Å². The minimum Gasteiger partial charge on any atom is -0.469 e. The van der Waals surface area contributed by atoms with Crippen molar-refractivity contribution in [2.75, 3.05) is 27.3 Å². The first-order valence-corrected chi connectivity index (χ1v) is 5.42. The van der Waals surface area contributed by atoms with Crippen molar-refractivity contribution in [1.82, 2.24) is 4.90 Å². The van der Waals surface area contributed by atoms with E-state index in [9.17, 15) is 9.59 Å². The van der Waals surface area contributed by atoms with Gasteiger partial charge in [0.05, 0.1) is 27.2 Å². The Morgan fingerprint density at radius 1 is 1.19 bits per heavy atom. The van der Waals surface area contributed by atoms with Crippen molar-refractivity contribution in [2.24, 2.45) is 0 Å². The Kier molecular flexibility index (Phi) is 7.54. The highest BCUT2D eigenvalue weighted by atomic mass is 16.5. The number of ether oxygens (including phenoxy) is 2. The monoisotopic (exact) mass is 231 g/mol.